The van der Waals surface area contributed by atoms with Crippen LogP contribution >= 0.6 is 27.5 Å². The maximum atomic E-state index is 12.8. The van der Waals surface area contributed by atoms with Gasteiger partial charge in [-0.1, -0.05) is 39.7 Å². The topological polar surface area (TPSA) is 105 Å². The van der Waals surface area contributed by atoms with Crippen LogP contribution in [0.15, 0.2) is 57.9 Å². The maximum absolute atomic E-state index is 12.8. The molecule has 8 nitrogen and oxygen atoms in total. The molecule has 30 heavy (non-hydrogen) atoms. The highest BCUT2D eigenvalue weighted by Crippen LogP contribution is 2.23. The van der Waals surface area contributed by atoms with E-state index in [-0.39, 0.29) is 31.1 Å². The third-order valence-corrected chi connectivity index (χ3v) is 7.06. The van der Waals surface area contributed by atoms with Crippen LogP contribution in [0.3, 0.4) is 0 Å². The predicted octanol–water partition coefficient (Wildman–Crippen LogP) is 1.88. The molecule has 1 fully saturated rings. The van der Waals surface area contributed by atoms with E-state index in [1.807, 2.05) is 0 Å². The quantitative estimate of drug-likeness (QED) is 0.571. The van der Waals surface area contributed by atoms with Gasteiger partial charge in [0, 0.05) is 22.6 Å². The van der Waals surface area contributed by atoms with Crippen LogP contribution in [-0.2, 0) is 30.9 Å². The molecule has 1 aliphatic rings. The van der Waals surface area contributed by atoms with E-state index in [0.717, 1.165) is 10.0 Å². The second kappa shape index (κ2) is 9.88. The molecule has 3 rings (SSSR count). The summed E-state index contributed by atoms with van der Waals surface area (Å²) in [5.41, 5.74) is 0.784. The Bertz CT molecular complexity index is 1020. The summed E-state index contributed by atoms with van der Waals surface area (Å²) in [4.78, 5) is 24.2. The summed E-state index contributed by atoms with van der Waals surface area (Å²) in [6.07, 6.45) is -0.897. The monoisotopic (exact) mass is 515 g/mol. The van der Waals surface area contributed by atoms with E-state index in [1.165, 1.54) is 16.4 Å². The lowest BCUT2D eigenvalue weighted by Gasteiger charge is -2.22. The fourth-order valence-corrected chi connectivity index (χ4v) is 4.71. The summed E-state index contributed by atoms with van der Waals surface area (Å²) in [6, 6.07) is 13.1. The van der Waals surface area contributed by atoms with Crippen molar-refractivity contribution in [1.82, 2.24) is 14.9 Å². The van der Waals surface area contributed by atoms with Crippen molar-refractivity contribution in [3.05, 3.63) is 63.6 Å². The minimum absolute atomic E-state index is 0.119. The van der Waals surface area contributed by atoms with Crippen molar-refractivity contribution in [2.75, 3.05) is 19.7 Å². The molecule has 1 atom stereocenters. The van der Waals surface area contributed by atoms with Gasteiger partial charge >= 0.3 is 11.8 Å². The molecule has 1 saturated heterocycles. The fraction of sp³-hybridized carbons (Fsp3) is 0.263. The van der Waals surface area contributed by atoms with E-state index in [4.69, 9.17) is 16.3 Å². The number of amides is 2. The Labute approximate surface area is 187 Å². The first-order chi connectivity index (χ1) is 14.3. The van der Waals surface area contributed by atoms with Gasteiger partial charge in [-0.3, -0.25) is 9.59 Å². The molecule has 1 aliphatic heterocycles. The molecule has 2 N–H and O–H groups in total. The number of ether oxygens (including phenoxy) is 1. The SMILES string of the molecule is O=C(NCc1ccc(Cl)cc1)C(=O)NC[C@@H]1OCCN1S(=O)(=O)c1ccc(Br)cc1. The average molecular weight is 517 g/mol. The van der Waals surface area contributed by atoms with E-state index in [2.05, 4.69) is 26.6 Å². The second-order valence-corrected chi connectivity index (χ2v) is 9.66. The Morgan fingerprint density at radius 2 is 1.70 bits per heavy atom. The number of rotatable bonds is 6. The molecule has 0 aliphatic carbocycles. The highest BCUT2D eigenvalue weighted by molar-refractivity contribution is 9.10. The molecule has 0 bridgehead atoms. The van der Waals surface area contributed by atoms with Gasteiger partial charge < -0.3 is 15.4 Å². The molecule has 160 valence electrons. The largest absolute Gasteiger partial charge is 0.359 e. The molecule has 0 saturated carbocycles. The first kappa shape index (κ1) is 22.7. The van der Waals surface area contributed by atoms with Crippen LogP contribution in [0.4, 0.5) is 0 Å². The smallest absolute Gasteiger partial charge is 0.309 e. The molecule has 0 radical (unpaired) electrons. The fourth-order valence-electron chi connectivity index (χ4n) is 2.81. The van der Waals surface area contributed by atoms with Gasteiger partial charge in [0.1, 0.15) is 6.23 Å². The second-order valence-electron chi connectivity index (χ2n) is 6.41. The minimum Gasteiger partial charge on any atom is -0.359 e. The first-order valence-corrected chi connectivity index (χ1v) is 11.6. The molecule has 0 aromatic heterocycles. The molecule has 0 unspecified atom stereocenters. The van der Waals surface area contributed by atoms with Crippen LogP contribution in [0.1, 0.15) is 5.56 Å². The Kier molecular flexibility index (Phi) is 7.48. The van der Waals surface area contributed by atoms with Crippen LogP contribution in [0, 0.1) is 0 Å². The van der Waals surface area contributed by atoms with Gasteiger partial charge in [0.15, 0.2) is 0 Å². The van der Waals surface area contributed by atoms with Crippen LogP contribution in [0.5, 0.6) is 0 Å². The number of hydrogen-bond donors (Lipinski definition) is 2. The summed E-state index contributed by atoms with van der Waals surface area (Å²) in [7, 11) is -3.80. The van der Waals surface area contributed by atoms with Crippen molar-refractivity contribution >= 4 is 49.4 Å². The van der Waals surface area contributed by atoms with Gasteiger partial charge in [-0.2, -0.15) is 4.31 Å². The number of nitrogens with one attached hydrogen (secondary N) is 2. The number of carbonyl (C=O) groups is 2. The van der Waals surface area contributed by atoms with Crippen molar-refractivity contribution in [2.45, 2.75) is 17.7 Å². The predicted molar refractivity (Wildman–Crippen MR) is 114 cm³/mol. The van der Waals surface area contributed by atoms with Crippen molar-refractivity contribution < 1.29 is 22.7 Å². The zero-order valence-electron chi connectivity index (χ0n) is 15.7. The summed E-state index contributed by atoms with van der Waals surface area (Å²) in [6.45, 7) is 0.358. The molecular formula is C19H19BrClN3O5S. The molecule has 0 spiro atoms. The van der Waals surface area contributed by atoms with Crippen LogP contribution in [0.25, 0.3) is 0 Å². The first-order valence-electron chi connectivity index (χ1n) is 8.97. The summed E-state index contributed by atoms with van der Waals surface area (Å²) in [5, 5.41) is 5.49. The molecular weight excluding hydrogens is 498 g/mol. The summed E-state index contributed by atoms with van der Waals surface area (Å²) >= 11 is 9.07. The van der Waals surface area contributed by atoms with E-state index in [9.17, 15) is 18.0 Å². The van der Waals surface area contributed by atoms with E-state index < -0.39 is 28.1 Å². The number of sulfonamides is 1. The number of halogens is 2. The van der Waals surface area contributed by atoms with Gasteiger partial charge in [-0.05, 0) is 42.0 Å². The van der Waals surface area contributed by atoms with Gasteiger partial charge in [-0.15, -0.1) is 0 Å². The van der Waals surface area contributed by atoms with Crippen LogP contribution in [0.2, 0.25) is 5.02 Å². The third kappa shape index (κ3) is 5.58. The molecule has 2 amide bonds. The lowest BCUT2D eigenvalue weighted by atomic mass is 10.2. The third-order valence-electron chi connectivity index (χ3n) is 4.37. The summed E-state index contributed by atoms with van der Waals surface area (Å²) < 4.78 is 33.1. The normalized spacial score (nSPS) is 16.9. The lowest BCUT2D eigenvalue weighted by Crippen LogP contribution is -2.47. The van der Waals surface area contributed by atoms with Gasteiger partial charge in [0.25, 0.3) is 0 Å². The van der Waals surface area contributed by atoms with Crippen molar-refractivity contribution in [3.8, 4) is 0 Å². The van der Waals surface area contributed by atoms with E-state index in [0.29, 0.717) is 5.02 Å². The zero-order chi connectivity index (χ0) is 21.7. The summed E-state index contributed by atoms with van der Waals surface area (Å²) in [5.74, 6) is -1.70. The van der Waals surface area contributed by atoms with Crippen molar-refractivity contribution in [1.29, 1.82) is 0 Å². The Morgan fingerprint density at radius 3 is 2.37 bits per heavy atom. The minimum atomic E-state index is -3.80. The van der Waals surface area contributed by atoms with Crippen LogP contribution < -0.4 is 10.6 Å². The molecule has 1 heterocycles. The number of carbonyl (C=O) groups excluding carboxylic acids is 2. The Balaban J connectivity index is 1.54. The standard InChI is InChI=1S/C19H19BrClN3O5S/c20-14-3-7-16(8-4-14)30(27,28)24-9-10-29-17(24)12-23-19(26)18(25)22-11-13-1-5-15(21)6-2-13/h1-8,17H,9-12H2,(H,22,25)(H,23,26)/t17-/m0/s1. The Hall–Kier alpha value is -1.98. The molecule has 2 aromatic carbocycles. The van der Waals surface area contributed by atoms with Gasteiger partial charge in [-0.25, -0.2) is 8.42 Å². The highest BCUT2D eigenvalue weighted by Gasteiger charge is 2.36. The maximum Gasteiger partial charge on any atom is 0.309 e. The number of benzene rings is 2. The molecule has 11 heteroatoms. The highest BCUT2D eigenvalue weighted by atomic mass is 79.9. The molecule has 2 aromatic rings. The van der Waals surface area contributed by atoms with Crippen molar-refractivity contribution in [3.63, 3.8) is 0 Å². The van der Waals surface area contributed by atoms with Crippen molar-refractivity contribution in [2.24, 2.45) is 0 Å². The van der Waals surface area contributed by atoms with Gasteiger partial charge in [0.05, 0.1) is 18.0 Å². The van der Waals surface area contributed by atoms with E-state index in [1.54, 1.807) is 36.4 Å². The zero-order valence-corrected chi connectivity index (χ0v) is 18.8. The number of nitrogens with zero attached hydrogens (tertiary/aromatic N) is 1. The van der Waals surface area contributed by atoms with Gasteiger partial charge in [0.2, 0.25) is 10.0 Å². The van der Waals surface area contributed by atoms with Crippen LogP contribution in [-0.4, -0.2) is 50.5 Å². The Morgan fingerprint density at radius 1 is 1.07 bits per heavy atom. The average Bonchev–Trinajstić information content (AvgIpc) is 3.21. The lowest BCUT2D eigenvalue weighted by molar-refractivity contribution is -0.139. The number of hydrogen-bond acceptors (Lipinski definition) is 5. The van der Waals surface area contributed by atoms with E-state index >= 15 is 0 Å².